The van der Waals surface area contributed by atoms with E-state index in [2.05, 4.69) is 42.3 Å². The van der Waals surface area contributed by atoms with Gasteiger partial charge in [0.15, 0.2) is 0 Å². The zero-order chi connectivity index (χ0) is 15.1. The minimum atomic E-state index is -0.252. The lowest BCUT2D eigenvalue weighted by Crippen LogP contribution is -2.51. The maximum Gasteiger partial charge on any atom is 0.0852 e. The smallest absolute Gasteiger partial charge is 0.0852 e. The number of hydrogen-bond acceptors (Lipinski definition) is 3. The van der Waals surface area contributed by atoms with E-state index in [1.54, 1.807) is 0 Å². The maximum absolute atomic E-state index is 9.53. The van der Waals surface area contributed by atoms with Gasteiger partial charge in [-0.25, -0.2) is 0 Å². The van der Waals surface area contributed by atoms with Crippen molar-refractivity contribution in [2.75, 3.05) is 26.2 Å². The van der Waals surface area contributed by atoms with Crippen LogP contribution in [0.5, 0.6) is 0 Å². The van der Waals surface area contributed by atoms with Crippen LogP contribution in [-0.2, 0) is 5.41 Å². The number of nitrogens with zero attached hydrogens (tertiary/aromatic N) is 2. The first-order valence-electron chi connectivity index (χ1n) is 8.16. The molecule has 1 fully saturated rings. The van der Waals surface area contributed by atoms with Crippen LogP contribution in [0.1, 0.15) is 38.7 Å². The van der Waals surface area contributed by atoms with E-state index in [-0.39, 0.29) is 5.41 Å². The first-order chi connectivity index (χ1) is 10.2. The van der Waals surface area contributed by atoms with E-state index >= 15 is 0 Å². The van der Waals surface area contributed by atoms with Gasteiger partial charge >= 0.3 is 0 Å². The molecular formula is C18H27N3. The summed E-state index contributed by atoms with van der Waals surface area (Å²) < 4.78 is 0. The van der Waals surface area contributed by atoms with Gasteiger partial charge < -0.3 is 10.2 Å². The fourth-order valence-electron chi connectivity index (χ4n) is 3.22. The number of benzene rings is 1. The second-order valence-electron chi connectivity index (χ2n) is 6.00. The monoisotopic (exact) mass is 285 g/mol. The van der Waals surface area contributed by atoms with Gasteiger partial charge in [0, 0.05) is 6.04 Å². The van der Waals surface area contributed by atoms with Gasteiger partial charge in [0.1, 0.15) is 0 Å². The van der Waals surface area contributed by atoms with Gasteiger partial charge in [-0.1, -0.05) is 44.2 Å². The molecule has 0 heterocycles. The van der Waals surface area contributed by atoms with Crippen LogP contribution in [0.15, 0.2) is 30.3 Å². The lowest BCUT2D eigenvalue weighted by molar-refractivity contribution is 0.221. The number of nitrogens with one attached hydrogen (secondary N) is 1. The van der Waals surface area contributed by atoms with Crippen molar-refractivity contribution in [1.29, 1.82) is 5.26 Å². The summed E-state index contributed by atoms with van der Waals surface area (Å²) >= 11 is 0. The topological polar surface area (TPSA) is 39.1 Å². The second kappa shape index (κ2) is 7.59. The van der Waals surface area contributed by atoms with Crippen molar-refractivity contribution in [2.45, 2.75) is 44.6 Å². The van der Waals surface area contributed by atoms with E-state index in [0.717, 1.165) is 39.0 Å². The lowest BCUT2D eigenvalue weighted by atomic mass is 9.62. The molecule has 0 aliphatic heterocycles. The van der Waals surface area contributed by atoms with Crippen LogP contribution in [-0.4, -0.2) is 37.1 Å². The molecule has 0 aromatic heterocycles. The van der Waals surface area contributed by atoms with Gasteiger partial charge in [-0.2, -0.15) is 5.26 Å². The van der Waals surface area contributed by atoms with Crippen molar-refractivity contribution in [2.24, 2.45) is 0 Å². The van der Waals surface area contributed by atoms with Crippen LogP contribution in [0.2, 0.25) is 0 Å². The average Bonchev–Trinajstić information content (AvgIpc) is 2.50. The molecule has 1 aliphatic rings. The van der Waals surface area contributed by atoms with Crippen LogP contribution in [0.4, 0.5) is 0 Å². The highest BCUT2D eigenvalue weighted by atomic mass is 15.1. The first kappa shape index (κ1) is 16.0. The standard InChI is InChI=1S/C18H27N3/c1-3-21(4-2)12-8-11-20-17-13-18(14-17,15-19)16-9-6-5-7-10-16/h5-7,9-10,17,20H,3-4,8,11-14H2,1-2H3. The third-order valence-electron chi connectivity index (χ3n) is 4.71. The molecule has 0 amide bonds. The predicted octanol–water partition coefficient (Wildman–Crippen LogP) is 2.93. The number of nitriles is 1. The molecule has 0 radical (unpaired) electrons. The quantitative estimate of drug-likeness (QED) is 0.746. The van der Waals surface area contributed by atoms with Crippen LogP contribution in [0, 0.1) is 11.3 Å². The minimum absolute atomic E-state index is 0.252. The normalized spacial score (nSPS) is 24.6. The van der Waals surface area contributed by atoms with Crippen LogP contribution in [0.3, 0.4) is 0 Å². The van der Waals surface area contributed by atoms with E-state index in [1.807, 2.05) is 18.2 Å². The van der Waals surface area contributed by atoms with E-state index in [0.29, 0.717) is 6.04 Å². The zero-order valence-corrected chi connectivity index (χ0v) is 13.3. The summed E-state index contributed by atoms with van der Waals surface area (Å²) in [6, 6.07) is 13.3. The Morgan fingerprint density at radius 2 is 1.90 bits per heavy atom. The van der Waals surface area contributed by atoms with Gasteiger partial charge in [-0.05, 0) is 51.0 Å². The fraction of sp³-hybridized carbons (Fsp3) is 0.611. The molecule has 21 heavy (non-hydrogen) atoms. The molecule has 2 rings (SSSR count). The van der Waals surface area contributed by atoms with Crippen molar-refractivity contribution in [3.8, 4) is 6.07 Å². The van der Waals surface area contributed by atoms with Gasteiger partial charge in [0.25, 0.3) is 0 Å². The van der Waals surface area contributed by atoms with Crippen molar-refractivity contribution in [3.05, 3.63) is 35.9 Å². The summed E-state index contributed by atoms with van der Waals surface area (Å²) in [7, 11) is 0. The summed E-state index contributed by atoms with van der Waals surface area (Å²) in [6.07, 6.45) is 3.07. The van der Waals surface area contributed by atoms with Crippen molar-refractivity contribution >= 4 is 0 Å². The summed E-state index contributed by atoms with van der Waals surface area (Å²) in [5.41, 5.74) is 0.923. The molecule has 1 aliphatic carbocycles. The molecule has 0 unspecified atom stereocenters. The highest BCUT2D eigenvalue weighted by Crippen LogP contribution is 2.43. The molecule has 1 N–H and O–H groups in total. The van der Waals surface area contributed by atoms with Crippen molar-refractivity contribution in [3.63, 3.8) is 0 Å². The molecule has 0 bridgehead atoms. The Morgan fingerprint density at radius 1 is 1.24 bits per heavy atom. The van der Waals surface area contributed by atoms with Gasteiger partial charge in [0.2, 0.25) is 0 Å². The molecule has 3 nitrogen and oxygen atoms in total. The number of hydrogen-bond donors (Lipinski definition) is 1. The summed E-state index contributed by atoms with van der Waals surface area (Å²) in [5, 5.41) is 13.1. The van der Waals surface area contributed by atoms with Gasteiger partial charge in [0.05, 0.1) is 11.5 Å². The summed E-state index contributed by atoms with van der Waals surface area (Å²) in [6.45, 7) is 8.90. The van der Waals surface area contributed by atoms with Crippen molar-refractivity contribution in [1.82, 2.24) is 10.2 Å². The number of rotatable bonds is 8. The Hall–Kier alpha value is -1.37. The fourth-order valence-corrected chi connectivity index (χ4v) is 3.22. The van der Waals surface area contributed by atoms with E-state index in [1.165, 1.54) is 12.0 Å². The maximum atomic E-state index is 9.53. The Morgan fingerprint density at radius 3 is 2.48 bits per heavy atom. The first-order valence-corrected chi connectivity index (χ1v) is 8.16. The average molecular weight is 285 g/mol. The zero-order valence-electron chi connectivity index (χ0n) is 13.3. The Bertz CT molecular complexity index is 453. The predicted molar refractivity (Wildman–Crippen MR) is 87.2 cm³/mol. The Kier molecular flexibility index (Phi) is 5.78. The lowest BCUT2D eigenvalue weighted by Gasteiger charge is -2.43. The van der Waals surface area contributed by atoms with Crippen molar-refractivity contribution < 1.29 is 0 Å². The molecule has 1 aromatic rings. The highest BCUT2D eigenvalue weighted by molar-refractivity contribution is 5.36. The van der Waals surface area contributed by atoms with Crippen LogP contribution in [0.25, 0.3) is 0 Å². The third-order valence-corrected chi connectivity index (χ3v) is 4.71. The third kappa shape index (κ3) is 3.84. The van der Waals surface area contributed by atoms with E-state index in [9.17, 15) is 5.26 Å². The van der Waals surface area contributed by atoms with Gasteiger partial charge in [-0.3, -0.25) is 0 Å². The SMILES string of the molecule is CCN(CC)CCCNC1CC(C#N)(c2ccccc2)C1. The molecule has 0 saturated heterocycles. The molecular weight excluding hydrogens is 258 g/mol. The molecule has 0 atom stereocenters. The molecule has 114 valence electrons. The van der Waals surface area contributed by atoms with Gasteiger partial charge in [-0.15, -0.1) is 0 Å². The largest absolute Gasteiger partial charge is 0.314 e. The Labute approximate surface area is 129 Å². The molecule has 3 heteroatoms. The second-order valence-corrected chi connectivity index (χ2v) is 6.00. The van der Waals surface area contributed by atoms with E-state index in [4.69, 9.17) is 0 Å². The highest BCUT2D eigenvalue weighted by Gasteiger charge is 2.45. The summed E-state index contributed by atoms with van der Waals surface area (Å²) in [5.74, 6) is 0. The molecule has 1 saturated carbocycles. The molecule has 0 spiro atoms. The minimum Gasteiger partial charge on any atom is -0.314 e. The molecule has 1 aromatic carbocycles. The van der Waals surface area contributed by atoms with E-state index < -0.39 is 0 Å². The Balaban J connectivity index is 1.72. The van der Waals surface area contributed by atoms with Crippen LogP contribution >= 0.6 is 0 Å². The van der Waals surface area contributed by atoms with Crippen LogP contribution < -0.4 is 5.32 Å². The summed E-state index contributed by atoms with van der Waals surface area (Å²) in [4.78, 5) is 2.45.